The highest BCUT2D eigenvalue weighted by Crippen LogP contribution is 2.32. The van der Waals surface area contributed by atoms with E-state index in [1.54, 1.807) is 29.2 Å². The predicted molar refractivity (Wildman–Crippen MR) is 72.0 cm³/mol. The maximum Gasteiger partial charge on any atom is 0.314 e. The molecule has 0 atom stereocenters. The zero-order valence-electron chi connectivity index (χ0n) is 13.4. The molecule has 0 radical (unpaired) electrons. The van der Waals surface area contributed by atoms with Crippen LogP contribution in [0.25, 0.3) is 28.3 Å². The summed E-state index contributed by atoms with van der Waals surface area (Å²) in [4.78, 5) is 8.72. The van der Waals surface area contributed by atoms with Crippen molar-refractivity contribution in [1.29, 1.82) is 0 Å². The molecule has 4 aromatic heterocycles. The van der Waals surface area contributed by atoms with Crippen molar-refractivity contribution >= 4 is 16.9 Å². The third-order valence-electron chi connectivity index (χ3n) is 3.77. The van der Waals surface area contributed by atoms with Crippen molar-refractivity contribution in [3.8, 4) is 11.4 Å². The molecule has 0 saturated carbocycles. The molecule has 0 saturated heterocycles. The summed E-state index contributed by atoms with van der Waals surface area (Å²) in [5.74, 6) is 0.602. The molecule has 1 aliphatic rings. The van der Waals surface area contributed by atoms with Crippen molar-refractivity contribution in [1.82, 2.24) is 24.1 Å². The highest BCUT2D eigenvalue weighted by molar-refractivity contribution is 5.76. The standard InChI is InChI=1S/C14H11N6/c1-18-13-10-7-15-6-4-9(10)8-19(13)12-14(18)20-11(17-12)3-2-5-16-20/h2-7H,8H2,1H3/q+1/i1D3. The van der Waals surface area contributed by atoms with Crippen LogP contribution in [0.1, 0.15) is 9.68 Å². The van der Waals surface area contributed by atoms with Gasteiger partial charge in [0.1, 0.15) is 0 Å². The van der Waals surface area contributed by atoms with Gasteiger partial charge in [-0.25, -0.2) is 9.13 Å². The fraction of sp³-hybridized carbons (Fsp3) is 0.143. The summed E-state index contributed by atoms with van der Waals surface area (Å²) in [6, 6.07) is 5.50. The molecule has 0 fully saturated rings. The lowest BCUT2D eigenvalue weighted by molar-refractivity contribution is -0.636. The third kappa shape index (κ3) is 1.01. The van der Waals surface area contributed by atoms with E-state index in [0.29, 0.717) is 29.3 Å². The Kier molecular flexibility index (Phi) is 1.24. The second-order valence-electron chi connectivity index (χ2n) is 4.83. The highest BCUT2D eigenvalue weighted by atomic mass is 15.4. The van der Waals surface area contributed by atoms with Crippen molar-refractivity contribution in [2.24, 2.45) is 6.98 Å². The number of aromatic nitrogens is 6. The van der Waals surface area contributed by atoms with Gasteiger partial charge >= 0.3 is 5.65 Å². The van der Waals surface area contributed by atoms with E-state index in [1.165, 1.54) is 4.57 Å². The van der Waals surface area contributed by atoms with Gasteiger partial charge in [0.25, 0.3) is 5.65 Å². The first-order chi connectivity index (χ1) is 11.1. The summed E-state index contributed by atoms with van der Waals surface area (Å²) in [5.41, 5.74) is 3.59. The molecule has 0 bridgehead atoms. The van der Waals surface area contributed by atoms with Crippen LogP contribution in [-0.4, -0.2) is 24.1 Å². The van der Waals surface area contributed by atoms with Gasteiger partial charge in [-0.3, -0.25) is 4.98 Å². The zero-order valence-corrected chi connectivity index (χ0v) is 10.4. The molecule has 4 aromatic rings. The summed E-state index contributed by atoms with van der Waals surface area (Å²) in [7, 11) is 0. The van der Waals surface area contributed by atoms with Crippen LogP contribution in [0.15, 0.2) is 36.8 Å². The largest absolute Gasteiger partial charge is 0.314 e. The Bertz CT molecular complexity index is 1090. The first kappa shape index (κ1) is 7.74. The number of fused-ring (bicyclic) bond motifs is 7. The number of hydrogen-bond acceptors (Lipinski definition) is 3. The normalized spacial score (nSPS) is 15.9. The summed E-state index contributed by atoms with van der Waals surface area (Å²) in [5, 5.41) is 4.27. The van der Waals surface area contributed by atoms with Gasteiger partial charge in [-0.1, -0.05) is 0 Å². The van der Waals surface area contributed by atoms with E-state index in [2.05, 4.69) is 15.1 Å². The first-order valence-electron chi connectivity index (χ1n) is 7.77. The molecular formula is C14H11N6+. The molecule has 1 aliphatic heterocycles. The number of pyridine rings is 1. The maximum atomic E-state index is 7.99. The minimum absolute atomic E-state index is 0.477. The average molecular weight is 266 g/mol. The Morgan fingerprint density at radius 3 is 3.30 bits per heavy atom. The van der Waals surface area contributed by atoms with Crippen LogP contribution >= 0.6 is 0 Å². The minimum Gasteiger partial charge on any atom is -0.264 e. The van der Waals surface area contributed by atoms with Crippen molar-refractivity contribution in [3.05, 3.63) is 42.4 Å². The Labute approximate surface area is 118 Å². The Morgan fingerprint density at radius 1 is 1.35 bits per heavy atom. The van der Waals surface area contributed by atoms with E-state index < -0.39 is 6.98 Å². The smallest absolute Gasteiger partial charge is 0.264 e. The van der Waals surface area contributed by atoms with Gasteiger partial charge in [0, 0.05) is 24.0 Å². The maximum absolute atomic E-state index is 7.99. The minimum atomic E-state index is -2.34. The summed E-state index contributed by atoms with van der Waals surface area (Å²) >= 11 is 0. The second-order valence-corrected chi connectivity index (χ2v) is 4.83. The molecule has 0 unspecified atom stereocenters. The monoisotopic (exact) mass is 266 g/mol. The quantitative estimate of drug-likeness (QED) is 0.392. The van der Waals surface area contributed by atoms with Gasteiger partial charge in [0.05, 0.1) is 29.4 Å². The Balaban J connectivity index is 2.01. The molecule has 96 valence electrons. The lowest BCUT2D eigenvalue weighted by atomic mass is 10.2. The molecule has 0 N–H and O–H groups in total. The van der Waals surface area contributed by atoms with E-state index >= 15 is 0 Å². The topological polar surface area (TPSA) is 51.9 Å². The Hall–Kier alpha value is -2.76. The van der Waals surface area contributed by atoms with Gasteiger partial charge < -0.3 is 0 Å². The van der Waals surface area contributed by atoms with E-state index in [-0.39, 0.29) is 0 Å². The molecule has 0 amide bonds. The number of rotatable bonds is 0. The molecule has 0 aromatic carbocycles. The van der Waals surface area contributed by atoms with Crippen LogP contribution < -0.4 is 4.57 Å². The van der Waals surface area contributed by atoms with Crippen LogP contribution in [0.3, 0.4) is 0 Å². The molecule has 5 heterocycles. The lowest BCUT2D eigenvalue weighted by Gasteiger charge is -1.95. The zero-order chi connectivity index (χ0) is 15.8. The van der Waals surface area contributed by atoms with Crippen LogP contribution in [0.4, 0.5) is 0 Å². The van der Waals surface area contributed by atoms with Crippen LogP contribution in [0.5, 0.6) is 0 Å². The van der Waals surface area contributed by atoms with Crippen LogP contribution in [0, 0.1) is 0 Å². The van der Waals surface area contributed by atoms with Crippen molar-refractivity contribution in [2.45, 2.75) is 6.54 Å². The van der Waals surface area contributed by atoms with E-state index in [1.807, 2.05) is 16.7 Å². The average Bonchev–Trinajstić information content (AvgIpc) is 3.13. The SMILES string of the molecule is [2H]C([2H])([2H])[n+]1c2n(c3nc4cccnn4c31)Cc1ccncc1-2. The van der Waals surface area contributed by atoms with Gasteiger partial charge in [-0.15, -0.1) is 9.61 Å². The van der Waals surface area contributed by atoms with E-state index in [9.17, 15) is 0 Å². The highest BCUT2D eigenvalue weighted by Gasteiger charge is 2.34. The molecule has 0 aliphatic carbocycles. The number of aryl methyl sites for hydroxylation is 1. The van der Waals surface area contributed by atoms with Crippen LogP contribution in [0.2, 0.25) is 0 Å². The molecule has 20 heavy (non-hydrogen) atoms. The molecular weight excluding hydrogens is 252 g/mol. The fourth-order valence-corrected chi connectivity index (χ4v) is 2.91. The number of imidazole rings is 2. The van der Waals surface area contributed by atoms with Crippen LogP contribution in [-0.2, 0) is 13.5 Å². The molecule has 5 rings (SSSR count). The number of nitrogens with zero attached hydrogens (tertiary/aromatic N) is 6. The summed E-state index contributed by atoms with van der Waals surface area (Å²) in [6.07, 6.45) is 5.04. The number of hydrogen-bond donors (Lipinski definition) is 0. The van der Waals surface area contributed by atoms with Gasteiger partial charge in [0.2, 0.25) is 11.5 Å². The molecule has 6 nitrogen and oxygen atoms in total. The molecule has 0 spiro atoms. The van der Waals surface area contributed by atoms with Crippen molar-refractivity contribution in [2.75, 3.05) is 0 Å². The van der Waals surface area contributed by atoms with E-state index in [4.69, 9.17) is 4.11 Å². The summed E-state index contributed by atoms with van der Waals surface area (Å²) in [6.45, 7) is -1.76. The first-order valence-corrected chi connectivity index (χ1v) is 6.27. The van der Waals surface area contributed by atoms with Crippen molar-refractivity contribution < 1.29 is 8.68 Å². The third-order valence-corrected chi connectivity index (χ3v) is 3.77. The summed E-state index contributed by atoms with van der Waals surface area (Å²) < 4.78 is 28.8. The lowest BCUT2D eigenvalue weighted by Crippen LogP contribution is -2.31. The fourth-order valence-electron chi connectivity index (χ4n) is 2.91. The second kappa shape index (κ2) is 3.22. The molecule has 6 heteroatoms. The van der Waals surface area contributed by atoms with Gasteiger partial charge in [0.15, 0.2) is 0 Å². The van der Waals surface area contributed by atoms with Gasteiger partial charge in [-0.05, 0) is 12.1 Å². The van der Waals surface area contributed by atoms with Crippen molar-refractivity contribution in [3.63, 3.8) is 0 Å². The Morgan fingerprint density at radius 2 is 2.35 bits per heavy atom. The van der Waals surface area contributed by atoms with Gasteiger partial charge in [-0.2, -0.15) is 4.98 Å². The predicted octanol–water partition coefficient (Wildman–Crippen LogP) is 0.932. The van der Waals surface area contributed by atoms with E-state index in [0.717, 1.165) is 11.1 Å².